The number of rotatable bonds is 6. The van der Waals surface area contributed by atoms with Gasteiger partial charge < -0.3 is 13.9 Å². The summed E-state index contributed by atoms with van der Waals surface area (Å²) in [6.07, 6.45) is 0. The minimum Gasteiger partial charge on any atom is -0.489 e. The minimum absolute atomic E-state index is 0.535. The first kappa shape index (κ1) is 19.3. The Kier molecular flexibility index (Phi) is 5.09. The first-order valence-corrected chi connectivity index (χ1v) is 10.5. The van der Waals surface area contributed by atoms with E-state index in [1.54, 1.807) is 0 Å². The summed E-state index contributed by atoms with van der Waals surface area (Å²) in [6.45, 7) is 5.17. The number of fused-ring (bicyclic) bond motifs is 3. The predicted octanol–water partition coefficient (Wildman–Crippen LogP) is 7.36. The summed E-state index contributed by atoms with van der Waals surface area (Å²) in [5.74, 6) is 1.73. The van der Waals surface area contributed by atoms with Gasteiger partial charge >= 0.3 is 0 Å². The monoisotopic (exact) mass is 408 g/mol. The first-order chi connectivity index (χ1) is 15.2. The molecule has 1 heterocycles. The zero-order valence-corrected chi connectivity index (χ0v) is 17.7. The lowest BCUT2D eigenvalue weighted by Gasteiger charge is -2.10. The van der Waals surface area contributed by atoms with Crippen LogP contribution in [0.2, 0.25) is 0 Å². The summed E-state index contributed by atoms with van der Waals surface area (Å²) in [5.41, 5.74) is 6.12. The molecular formula is C28H24O3. The van der Waals surface area contributed by atoms with Crippen molar-refractivity contribution in [3.05, 3.63) is 107 Å². The number of ether oxygens (including phenoxy) is 2. The Morgan fingerprint density at radius 3 is 1.42 bits per heavy atom. The van der Waals surface area contributed by atoms with Crippen molar-refractivity contribution < 1.29 is 13.9 Å². The molecule has 1 aromatic heterocycles. The van der Waals surface area contributed by atoms with Crippen LogP contribution in [0.3, 0.4) is 0 Å². The number of furan rings is 1. The Bertz CT molecular complexity index is 1230. The van der Waals surface area contributed by atoms with E-state index in [9.17, 15) is 0 Å². The zero-order valence-electron chi connectivity index (χ0n) is 17.7. The molecule has 0 aliphatic carbocycles. The fourth-order valence-corrected chi connectivity index (χ4v) is 3.81. The van der Waals surface area contributed by atoms with Gasteiger partial charge in [-0.1, -0.05) is 60.7 Å². The summed E-state index contributed by atoms with van der Waals surface area (Å²) in [7, 11) is 0. The van der Waals surface area contributed by atoms with Crippen LogP contribution >= 0.6 is 0 Å². The molecule has 0 aliphatic heterocycles. The highest BCUT2D eigenvalue weighted by molar-refractivity contribution is 6.06. The van der Waals surface area contributed by atoms with E-state index < -0.39 is 0 Å². The standard InChI is InChI=1S/C28H24O3/c1-19-13-27-23(15-25(19)29-17-21-9-5-3-6-10-21)24-16-26(20(2)14-28(24)31-27)30-18-22-11-7-4-8-12-22/h3-16H,17-18H2,1-2H3. The van der Waals surface area contributed by atoms with Crippen LogP contribution in [0.4, 0.5) is 0 Å². The fourth-order valence-electron chi connectivity index (χ4n) is 3.81. The summed E-state index contributed by atoms with van der Waals surface area (Å²) < 4.78 is 18.4. The molecule has 0 aliphatic rings. The van der Waals surface area contributed by atoms with Gasteiger partial charge in [-0.2, -0.15) is 0 Å². The van der Waals surface area contributed by atoms with Crippen molar-refractivity contribution in [2.45, 2.75) is 27.1 Å². The molecule has 154 valence electrons. The van der Waals surface area contributed by atoms with Gasteiger partial charge in [-0.3, -0.25) is 0 Å². The molecule has 0 saturated carbocycles. The van der Waals surface area contributed by atoms with Gasteiger partial charge in [0.25, 0.3) is 0 Å². The highest BCUT2D eigenvalue weighted by Gasteiger charge is 2.14. The maximum Gasteiger partial charge on any atom is 0.135 e. The molecule has 5 aromatic rings. The third kappa shape index (κ3) is 3.99. The molecular weight excluding hydrogens is 384 g/mol. The Balaban J connectivity index is 1.48. The number of aryl methyl sites for hydroxylation is 2. The van der Waals surface area contributed by atoms with Gasteiger partial charge in [0.15, 0.2) is 0 Å². The van der Waals surface area contributed by atoms with Crippen LogP contribution in [0.1, 0.15) is 22.3 Å². The van der Waals surface area contributed by atoms with Gasteiger partial charge in [0.05, 0.1) is 0 Å². The molecule has 4 aromatic carbocycles. The second-order valence-electron chi connectivity index (χ2n) is 7.88. The lowest BCUT2D eigenvalue weighted by molar-refractivity contribution is 0.304. The van der Waals surface area contributed by atoms with Crippen LogP contribution in [-0.2, 0) is 13.2 Å². The Hall–Kier alpha value is -3.72. The highest BCUT2D eigenvalue weighted by Crippen LogP contribution is 2.37. The van der Waals surface area contributed by atoms with Crippen molar-refractivity contribution in [1.29, 1.82) is 0 Å². The van der Waals surface area contributed by atoms with Gasteiger partial charge in [0.2, 0.25) is 0 Å². The quantitative estimate of drug-likeness (QED) is 0.294. The smallest absolute Gasteiger partial charge is 0.135 e. The molecule has 0 atom stereocenters. The van der Waals surface area contributed by atoms with Gasteiger partial charge in [-0.05, 0) is 60.4 Å². The van der Waals surface area contributed by atoms with Crippen LogP contribution in [0, 0.1) is 13.8 Å². The van der Waals surface area contributed by atoms with Crippen molar-refractivity contribution in [1.82, 2.24) is 0 Å². The maximum absolute atomic E-state index is 6.14. The molecule has 0 bridgehead atoms. The third-order valence-corrected chi connectivity index (χ3v) is 5.54. The molecule has 3 nitrogen and oxygen atoms in total. The minimum atomic E-state index is 0.535. The number of benzene rings is 4. The molecule has 0 unspecified atom stereocenters. The van der Waals surface area contributed by atoms with E-state index in [4.69, 9.17) is 13.9 Å². The van der Waals surface area contributed by atoms with Gasteiger partial charge in [-0.25, -0.2) is 0 Å². The molecule has 0 fully saturated rings. The van der Waals surface area contributed by atoms with Crippen molar-refractivity contribution in [3.8, 4) is 11.5 Å². The SMILES string of the molecule is Cc1cc2oc3cc(C)c(OCc4ccccc4)cc3c2cc1OCc1ccccc1. The topological polar surface area (TPSA) is 31.6 Å². The van der Waals surface area contributed by atoms with Crippen LogP contribution in [0.5, 0.6) is 11.5 Å². The fraction of sp³-hybridized carbons (Fsp3) is 0.143. The Morgan fingerprint density at radius 1 is 0.581 bits per heavy atom. The molecule has 0 saturated heterocycles. The molecule has 3 heteroatoms. The lowest BCUT2D eigenvalue weighted by Crippen LogP contribution is -1.97. The van der Waals surface area contributed by atoms with Gasteiger partial charge in [-0.15, -0.1) is 0 Å². The van der Waals surface area contributed by atoms with Gasteiger partial charge in [0.1, 0.15) is 35.9 Å². The summed E-state index contributed by atoms with van der Waals surface area (Å²) in [6, 6.07) is 28.7. The normalized spacial score (nSPS) is 11.2. The average Bonchev–Trinajstić information content (AvgIpc) is 3.13. The van der Waals surface area contributed by atoms with E-state index in [2.05, 4.69) is 48.5 Å². The summed E-state index contributed by atoms with van der Waals surface area (Å²) in [5, 5.41) is 2.07. The van der Waals surface area contributed by atoms with E-state index >= 15 is 0 Å². The van der Waals surface area contributed by atoms with Crippen LogP contribution in [0.25, 0.3) is 21.9 Å². The van der Waals surface area contributed by atoms with Crippen molar-refractivity contribution in [3.63, 3.8) is 0 Å². The first-order valence-electron chi connectivity index (χ1n) is 10.5. The van der Waals surface area contributed by atoms with Crippen molar-refractivity contribution >= 4 is 21.9 Å². The van der Waals surface area contributed by atoms with E-state index in [1.165, 1.54) is 0 Å². The number of hydrogen-bond acceptors (Lipinski definition) is 3. The van der Waals surface area contributed by atoms with Crippen LogP contribution in [0.15, 0.2) is 89.3 Å². The molecule has 31 heavy (non-hydrogen) atoms. The number of hydrogen-bond donors (Lipinski definition) is 0. The second-order valence-corrected chi connectivity index (χ2v) is 7.88. The summed E-state index contributed by atoms with van der Waals surface area (Å²) in [4.78, 5) is 0. The van der Waals surface area contributed by atoms with Crippen LogP contribution < -0.4 is 9.47 Å². The van der Waals surface area contributed by atoms with E-state index in [-0.39, 0.29) is 0 Å². The third-order valence-electron chi connectivity index (χ3n) is 5.54. The molecule has 0 spiro atoms. The van der Waals surface area contributed by atoms with Crippen molar-refractivity contribution in [2.24, 2.45) is 0 Å². The predicted molar refractivity (Wildman–Crippen MR) is 125 cm³/mol. The maximum atomic E-state index is 6.14. The van der Waals surface area contributed by atoms with Crippen molar-refractivity contribution in [2.75, 3.05) is 0 Å². The average molecular weight is 408 g/mol. The second kappa shape index (κ2) is 8.19. The largest absolute Gasteiger partial charge is 0.489 e. The Labute approximate surface area is 181 Å². The summed E-state index contributed by atoms with van der Waals surface area (Å²) >= 11 is 0. The van der Waals surface area contributed by atoms with Gasteiger partial charge in [0, 0.05) is 10.8 Å². The van der Waals surface area contributed by atoms with E-state index in [0.717, 1.165) is 55.7 Å². The molecule has 0 radical (unpaired) electrons. The van der Waals surface area contributed by atoms with E-state index in [1.807, 2.05) is 50.2 Å². The molecule has 0 N–H and O–H groups in total. The lowest BCUT2D eigenvalue weighted by atomic mass is 10.1. The molecule has 0 amide bonds. The Morgan fingerprint density at radius 2 is 1.00 bits per heavy atom. The van der Waals surface area contributed by atoms with Crippen LogP contribution in [-0.4, -0.2) is 0 Å². The zero-order chi connectivity index (χ0) is 21.2. The molecule has 5 rings (SSSR count). The highest BCUT2D eigenvalue weighted by atomic mass is 16.5. The van der Waals surface area contributed by atoms with E-state index in [0.29, 0.717) is 13.2 Å².